The number of hydrogen-bond acceptors (Lipinski definition) is 5. The van der Waals surface area contributed by atoms with Gasteiger partial charge in [-0.2, -0.15) is 5.26 Å². The number of sulfone groups is 1. The van der Waals surface area contributed by atoms with Gasteiger partial charge in [-0.15, -0.1) is 0 Å². The molecule has 1 heterocycles. The van der Waals surface area contributed by atoms with E-state index >= 15 is 0 Å². The lowest BCUT2D eigenvalue weighted by atomic mass is 9.91. The summed E-state index contributed by atoms with van der Waals surface area (Å²) in [5.41, 5.74) is -0.397. The van der Waals surface area contributed by atoms with Crippen LogP contribution in [-0.2, 0) is 9.84 Å². The molecule has 2 unspecified atom stereocenters. The highest BCUT2D eigenvalue weighted by atomic mass is 32.2. The van der Waals surface area contributed by atoms with Gasteiger partial charge in [0.05, 0.1) is 17.6 Å². The normalized spacial score (nSPS) is 28.7. The molecular formula is C15H27N3O2S. The largest absolute Gasteiger partial charge is 0.299 e. The third-order valence-electron chi connectivity index (χ3n) is 4.73. The van der Waals surface area contributed by atoms with E-state index in [0.717, 1.165) is 25.8 Å². The summed E-state index contributed by atoms with van der Waals surface area (Å²) in [5.74, 6) is 0.541. The molecule has 2 fully saturated rings. The molecular weight excluding hydrogens is 286 g/mol. The van der Waals surface area contributed by atoms with Crippen molar-refractivity contribution in [1.82, 2.24) is 10.2 Å². The van der Waals surface area contributed by atoms with Gasteiger partial charge in [-0.1, -0.05) is 6.92 Å². The second-order valence-electron chi connectivity index (χ2n) is 6.57. The summed E-state index contributed by atoms with van der Waals surface area (Å²) in [6, 6.07) is 3.10. The lowest BCUT2D eigenvalue weighted by Gasteiger charge is -2.34. The highest BCUT2D eigenvalue weighted by Gasteiger charge is 2.35. The number of nitrogens with one attached hydrogen (secondary N) is 1. The lowest BCUT2D eigenvalue weighted by Crippen LogP contribution is -2.48. The summed E-state index contributed by atoms with van der Waals surface area (Å²) in [7, 11) is -2.84. The predicted molar refractivity (Wildman–Crippen MR) is 83.7 cm³/mol. The SMILES string of the molecule is CCC(C#N)(CCCN1CCS(=O)(=O)CC1C)NC1CC1. The summed E-state index contributed by atoms with van der Waals surface area (Å²) in [6.07, 6.45) is 4.97. The molecule has 1 aliphatic carbocycles. The molecule has 2 rings (SSSR count). The topological polar surface area (TPSA) is 73.2 Å². The van der Waals surface area contributed by atoms with Crippen molar-refractivity contribution < 1.29 is 8.42 Å². The molecule has 0 bridgehead atoms. The Labute approximate surface area is 128 Å². The van der Waals surface area contributed by atoms with Crippen LogP contribution in [0.5, 0.6) is 0 Å². The average molecular weight is 313 g/mol. The standard InChI is InChI=1S/C15H27N3O2S/c1-3-15(12-16,17-14-5-6-14)7-4-8-18-9-10-21(19,20)11-13(18)2/h13-14,17H,3-11H2,1-2H3. The van der Waals surface area contributed by atoms with E-state index in [-0.39, 0.29) is 17.5 Å². The molecule has 5 nitrogen and oxygen atoms in total. The minimum Gasteiger partial charge on any atom is -0.299 e. The van der Waals surface area contributed by atoms with E-state index in [2.05, 4.69) is 23.2 Å². The Bertz CT molecular complexity index is 496. The minimum atomic E-state index is -2.84. The van der Waals surface area contributed by atoms with Crippen molar-refractivity contribution in [1.29, 1.82) is 5.26 Å². The van der Waals surface area contributed by atoms with Crippen molar-refractivity contribution in [2.45, 2.75) is 63.6 Å². The maximum Gasteiger partial charge on any atom is 0.153 e. The van der Waals surface area contributed by atoms with Crippen molar-refractivity contribution in [3.63, 3.8) is 0 Å². The average Bonchev–Trinajstić information content (AvgIpc) is 3.23. The smallest absolute Gasteiger partial charge is 0.153 e. The highest BCUT2D eigenvalue weighted by molar-refractivity contribution is 7.91. The molecule has 2 atom stereocenters. The Morgan fingerprint density at radius 2 is 2.14 bits per heavy atom. The van der Waals surface area contributed by atoms with Gasteiger partial charge >= 0.3 is 0 Å². The van der Waals surface area contributed by atoms with Gasteiger partial charge in [-0.05, 0) is 45.6 Å². The van der Waals surface area contributed by atoms with E-state index < -0.39 is 15.4 Å². The molecule has 1 N–H and O–H groups in total. The minimum absolute atomic E-state index is 0.0956. The third-order valence-corrected chi connectivity index (χ3v) is 6.53. The number of hydrogen-bond donors (Lipinski definition) is 1. The fourth-order valence-corrected chi connectivity index (χ4v) is 4.71. The molecule has 1 saturated heterocycles. The van der Waals surface area contributed by atoms with Gasteiger partial charge in [0.1, 0.15) is 5.54 Å². The predicted octanol–water partition coefficient (Wildman–Crippen LogP) is 1.31. The van der Waals surface area contributed by atoms with Crippen LogP contribution in [0.4, 0.5) is 0 Å². The van der Waals surface area contributed by atoms with Crippen molar-refractivity contribution in [3.8, 4) is 6.07 Å². The van der Waals surface area contributed by atoms with Crippen LogP contribution in [0.3, 0.4) is 0 Å². The zero-order chi connectivity index (χ0) is 15.5. The monoisotopic (exact) mass is 313 g/mol. The van der Waals surface area contributed by atoms with Gasteiger partial charge in [0.15, 0.2) is 9.84 Å². The van der Waals surface area contributed by atoms with Gasteiger partial charge in [0, 0.05) is 18.6 Å². The van der Waals surface area contributed by atoms with Crippen molar-refractivity contribution in [2.75, 3.05) is 24.6 Å². The van der Waals surface area contributed by atoms with Crippen LogP contribution in [0.1, 0.15) is 46.0 Å². The van der Waals surface area contributed by atoms with Crippen LogP contribution in [0.25, 0.3) is 0 Å². The molecule has 0 aromatic heterocycles. The lowest BCUT2D eigenvalue weighted by molar-refractivity contribution is 0.213. The molecule has 6 heteroatoms. The van der Waals surface area contributed by atoms with Crippen LogP contribution in [-0.4, -0.2) is 55.5 Å². The van der Waals surface area contributed by atoms with Gasteiger partial charge in [0.2, 0.25) is 0 Å². The molecule has 0 radical (unpaired) electrons. The van der Waals surface area contributed by atoms with E-state index in [0.29, 0.717) is 12.6 Å². The summed E-state index contributed by atoms with van der Waals surface area (Å²) >= 11 is 0. The fourth-order valence-electron chi connectivity index (χ4n) is 3.09. The van der Waals surface area contributed by atoms with Gasteiger partial charge in [0.25, 0.3) is 0 Å². The van der Waals surface area contributed by atoms with Gasteiger partial charge in [-0.25, -0.2) is 8.42 Å². The Morgan fingerprint density at radius 1 is 1.43 bits per heavy atom. The first kappa shape index (κ1) is 16.7. The second kappa shape index (κ2) is 6.64. The summed E-state index contributed by atoms with van der Waals surface area (Å²) in [4.78, 5) is 2.25. The van der Waals surface area contributed by atoms with Crippen molar-refractivity contribution in [2.24, 2.45) is 0 Å². The highest BCUT2D eigenvalue weighted by Crippen LogP contribution is 2.27. The molecule has 120 valence electrons. The number of nitriles is 1. The van der Waals surface area contributed by atoms with E-state index in [1.807, 2.05) is 6.92 Å². The Morgan fingerprint density at radius 3 is 2.67 bits per heavy atom. The molecule has 0 spiro atoms. The molecule has 2 aliphatic rings. The van der Waals surface area contributed by atoms with Crippen LogP contribution in [0, 0.1) is 11.3 Å². The first-order valence-corrected chi connectivity index (χ1v) is 9.85. The van der Waals surface area contributed by atoms with Crippen LogP contribution >= 0.6 is 0 Å². The molecule has 21 heavy (non-hydrogen) atoms. The van der Waals surface area contributed by atoms with E-state index in [1.54, 1.807) is 0 Å². The van der Waals surface area contributed by atoms with Crippen LogP contribution in [0.2, 0.25) is 0 Å². The Kier molecular flexibility index (Phi) is 5.29. The maximum absolute atomic E-state index is 11.6. The fraction of sp³-hybridized carbons (Fsp3) is 0.933. The van der Waals surface area contributed by atoms with Crippen molar-refractivity contribution >= 4 is 9.84 Å². The molecule has 1 saturated carbocycles. The Hall–Kier alpha value is -0.640. The second-order valence-corrected chi connectivity index (χ2v) is 8.80. The Balaban J connectivity index is 1.81. The number of rotatable bonds is 7. The number of nitrogens with zero attached hydrogens (tertiary/aromatic N) is 2. The summed E-state index contributed by atoms with van der Waals surface area (Å²) < 4.78 is 23.2. The van der Waals surface area contributed by atoms with Gasteiger partial charge in [-0.3, -0.25) is 10.2 Å². The van der Waals surface area contributed by atoms with Crippen LogP contribution in [0.15, 0.2) is 0 Å². The maximum atomic E-state index is 11.6. The van der Waals surface area contributed by atoms with E-state index in [4.69, 9.17) is 0 Å². The molecule has 0 amide bonds. The van der Waals surface area contributed by atoms with E-state index in [1.165, 1.54) is 12.8 Å². The molecule has 0 aromatic carbocycles. The molecule has 0 aromatic rings. The third kappa shape index (κ3) is 4.67. The molecule has 1 aliphatic heterocycles. The van der Waals surface area contributed by atoms with Crippen LogP contribution < -0.4 is 5.32 Å². The van der Waals surface area contributed by atoms with Crippen molar-refractivity contribution in [3.05, 3.63) is 0 Å². The zero-order valence-electron chi connectivity index (χ0n) is 13.1. The quantitative estimate of drug-likeness (QED) is 0.767. The summed E-state index contributed by atoms with van der Waals surface area (Å²) in [6.45, 7) is 5.56. The zero-order valence-corrected chi connectivity index (χ0v) is 14.0. The van der Waals surface area contributed by atoms with Gasteiger partial charge < -0.3 is 0 Å². The first-order valence-electron chi connectivity index (χ1n) is 8.03. The summed E-state index contributed by atoms with van der Waals surface area (Å²) in [5, 5.41) is 13.0. The first-order chi connectivity index (χ1) is 9.90. The van der Waals surface area contributed by atoms with E-state index in [9.17, 15) is 13.7 Å².